The third kappa shape index (κ3) is 8.49. The Bertz CT molecular complexity index is 1320. The number of thioether (sulfide) groups is 1. The second-order valence-corrected chi connectivity index (χ2v) is 11.8. The summed E-state index contributed by atoms with van der Waals surface area (Å²) in [7, 11) is 0. The van der Waals surface area contributed by atoms with Gasteiger partial charge in [-0.2, -0.15) is 11.8 Å². The quantitative estimate of drug-likeness (QED) is 0.271. The van der Waals surface area contributed by atoms with Gasteiger partial charge in [-0.15, -0.1) is 0 Å². The molecule has 0 aliphatic rings. The summed E-state index contributed by atoms with van der Waals surface area (Å²) in [6.45, 7) is 9.58. The molecule has 0 spiro atoms. The van der Waals surface area contributed by atoms with Crippen molar-refractivity contribution >= 4 is 46.1 Å². The highest BCUT2D eigenvalue weighted by Crippen LogP contribution is 2.28. The van der Waals surface area contributed by atoms with Crippen molar-refractivity contribution in [2.75, 3.05) is 23.9 Å². The van der Waals surface area contributed by atoms with Crippen LogP contribution >= 0.6 is 11.8 Å². The highest BCUT2D eigenvalue weighted by atomic mass is 32.2. The maximum absolute atomic E-state index is 14.2. The highest BCUT2D eigenvalue weighted by Gasteiger charge is 2.36. The Hall–Kier alpha value is -3.52. The van der Waals surface area contributed by atoms with Crippen LogP contribution in [0.3, 0.4) is 0 Å². The number of anilines is 1. The SMILES string of the molecule is CCCN(C(=O)C(CCSC)NC(=O)OC(C)(C)C)C(C(=O)Nc1ccc2ccccc2c1)c1ccccc1C. The number of fused-ring (bicyclic) bond motifs is 1. The molecule has 0 aliphatic carbocycles. The van der Waals surface area contributed by atoms with Gasteiger partial charge < -0.3 is 20.3 Å². The first-order chi connectivity index (χ1) is 19.0. The van der Waals surface area contributed by atoms with Crippen molar-refractivity contribution in [3.05, 3.63) is 77.9 Å². The van der Waals surface area contributed by atoms with E-state index in [1.165, 1.54) is 0 Å². The maximum Gasteiger partial charge on any atom is 0.408 e. The molecule has 0 heterocycles. The Labute approximate surface area is 242 Å². The van der Waals surface area contributed by atoms with Crippen molar-refractivity contribution in [3.63, 3.8) is 0 Å². The van der Waals surface area contributed by atoms with E-state index >= 15 is 0 Å². The number of hydrogen-bond donors (Lipinski definition) is 2. The van der Waals surface area contributed by atoms with Gasteiger partial charge in [0.15, 0.2) is 0 Å². The second-order valence-electron chi connectivity index (χ2n) is 10.8. The van der Waals surface area contributed by atoms with Gasteiger partial charge in [0.25, 0.3) is 5.91 Å². The molecule has 3 aromatic rings. The molecule has 3 aromatic carbocycles. The fourth-order valence-corrected chi connectivity index (χ4v) is 5.04. The van der Waals surface area contributed by atoms with Crippen molar-refractivity contribution in [2.24, 2.45) is 0 Å². The summed E-state index contributed by atoms with van der Waals surface area (Å²) in [4.78, 5) is 42.5. The van der Waals surface area contributed by atoms with Gasteiger partial charge in [0.05, 0.1) is 0 Å². The predicted molar refractivity (Wildman–Crippen MR) is 165 cm³/mol. The Morgan fingerprint density at radius 3 is 2.30 bits per heavy atom. The fraction of sp³-hybridized carbons (Fsp3) is 0.406. The van der Waals surface area contributed by atoms with Crippen molar-refractivity contribution in [3.8, 4) is 0 Å². The van der Waals surface area contributed by atoms with E-state index < -0.39 is 23.8 Å². The predicted octanol–water partition coefficient (Wildman–Crippen LogP) is 6.71. The number of amides is 3. The molecule has 0 saturated heterocycles. The van der Waals surface area contributed by atoms with Crippen LogP contribution in [0.25, 0.3) is 10.8 Å². The van der Waals surface area contributed by atoms with Crippen LogP contribution in [0.2, 0.25) is 0 Å². The molecule has 40 heavy (non-hydrogen) atoms. The van der Waals surface area contributed by atoms with Gasteiger partial charge >= 0.3 is 6.09 Å². The third-order valence-corrected chi connectivity index (χ3v) is 7.05. The zero-order valence-corrected chi connectivity index (χ0v) is 25.1. The van der Waals surface area contributed by atoms with Crippen LogP contribution in [0.4, 0.5) is 10.5 Å². The smallest absolute Gasteiger partial charge is 0.408 e. The van der Waals surface area contributed by atoms with Gasteiger partial charge in [-0.25, -0.2) is 4.79 Å². The fourth-order valence-electron chi connectivity index (χ4n) is 4.57. The van der Waals surface area contributed by atoms with E-state index in [0.717, 1.165) is 21.9 Å². The lowest BCUT2D eigenvalue weighted by atomic mass is 9.97. The van der Waals surface area contributed by atoms with E-state index in [9.17, 15) is 14.4 Å². The molecule has 8 heteroatoms. The van der Waals surface area contributed by atoms with Gasteiger partial charge in [-0.3, -0.25) is 9.59 Å². The monoisotopic (exact) mass is 563 g/mol. The number of nitrogens with zero attached hydrogens (tertiary/aromatic N) is 1. The summed E-state index contributed by atoms with van der Waals surface area (Å²) in [5.41, 5.74) is 1.58. The molecule has 7 nitrogen and oxygen atoms in total. The van der Waals surface area contributed by atoms with Crippen LogP contribution in [0.5, 0.6) is 0 Å². The summed E-state index contributed by atoms with van der Waals surface area (Å²) in [5.74, 6) is 0.0285. The van der Waals surface area contributed by atoms with E-state index in [4.69, 9.17) is 4.74 Å². The minimum absolute atomic E-state index is 0.313. The molecular formula is C32H41N3O4S. The number of nitrogens with one attached hydrogen (secondary N) is 2. The first kappa shape index (κ1) is 31.0. The molecule has 3 amide bonds. The Kier molecular flexibility index (Phi) is 11.0. The number of aryl methyl sites for hydroxylation is 1. The second kappa shape index (κ2) is 14.2. The average Bonchev–Trinajstić information content (AvgIpc) is 2.90. The topological polar surface area (TPSA) is 87.7 Å². The minimum atomic E-state index is -0.891. The van der Waals surface area contributed by atoms with Crippen molar-refractivity contribution in [1.82, 2.24) is 10.2 Å². The van der Waals surface area contributed by atoms with Crippen molar-refractivity contribution < 1.29 is 19.1 Å². The Morgan fingerprint density at radius 1 is 0.975 bits per heavy atom. The number of carbonyl (C=O) groups excluding carboxylic acids is 3. The number of rotatable bonds is 11. The molecule has 0 radical (unpaired) electrons. The molecule has 2 unspecified atom stereocenters. The number of benzene rings is 3. The van der Waals surface area contributed by atoms with E-state index in [0.29, 0.717) is 30.8 Å². The molecule has 0 fully saturated rings. The normalized spacial score (nSPS) is 12.8. The molecule has 0 aliphatic heterocycles. The zero-order chi connectivity index (χ0) is 29.3. The van der Waals surface area contributed by atoms with Crippen LogP contribution in [-0.4, -0.2) is 53.0 Å². The van der Waals surface area contributed by atoms with Crippen LogP contribution in [-0.2, 0) is 14.3 Å². The Balaban J connectivity index is 1.99. The zero-order valence-electron chi connectivity index (χ0n) is 24.3. The summed E-state index contributed by atoms with van der Waals surface area (Å²) >= 11 is 1.59. The van der Waals surface area contributed by atoms with Gasteiger partial charge in [0, 0.05) is 12.2 Å². The molecule has 0 bridgehead atoms. The first-order valence-electron chi connectivity index (χ1n) is 13.7. The molecule has 0 aromatic heterocycles. The third-order valence-electron chi connectivity index (χ3n) is 6.41. The lowest BCUT2D eigenvalue weighted by Crippen LogP contribution is -2.52. The van der Waals surface area contributed by atoms with E-state index in [-0.39, 0.29) is 11.8 Å². The molecule has 214 valence electrons. The maximum atomic E-state index is 14.2. The summed E-state index contributed by atoms with van der Waals surface area (Å²) < 4.78 is 5.46. The average molecular weight is 564 g/mol. The van der Waals surface area contributed by atoms with Gasteiger partial charge in [-0.1, -0.05) is 61.5 Å². The van der Waals surface area contributed by atoms with Crippen molar-refractivity contribution in [1.29, 1.82) is 0 Å². The summed E-state index contributed by atoms with van der Waals surface area (Å²) in [5, 5.41) is 7.92. The van der Waals surface area contributed by atoms with Crippen LogP contribution < -0.4 is 10.6 Å². The van der Waals surface area contributed by atoms with E-state index in [1.807, 2.05) is 86.8 Å². The van der Waals surface area contributed by atoms with E-state index in [1.54, 1.807) is 37.4 Å². The molecule has 0 saturated carbocycles. The summed E-state index contributed by atoms with van der Waals surface area (Å²) in [6, 6.07) is 19.6. The lowest BCUT2D eigenvalue weighted by Gasteiger charge is -2.35. The van der Waals surface area contributed by atoms with Gasteiger partial charge in [-0.05, 0) is 86.6 Å². The van der Waals surface area contributed by atoms with E-state index in [2.05, 4.69) is 10.6 Å². The lowest BCUT2D eigenvalue weighted by molar-refractivity contribution is -0.140. The largest absolute Gasteiger partial charge is 0.444 e. The van der Waals surface area contributed by atoms with Crippen LogP contribution in [0.1, 0.15) is 57.7 Å². The number of hydrogen-bond acceptors (Lipinski definition) is 5. The number of ether oxygens (including phenoxy) is 1. The van der Waals surface area contributed by atoms with Crippen LogP contribution in [0, 0.1) is 6.92 Å². The van der Waals surface area contributed by atoms with Crippen LogP contribution in [0.15, 0.2) is 66.7 Å². The molecule has 3 rings (SSSR count). The van der Waals surface area contributed by atoms with Gasteiger partial charge in [0.1, 0.15) is 17.7 Å². The van der Waals surface area contributed by atoms with Crippen molar-refractivity contribution in [2.45, 2.75) is 65.1 Å². The molecular weight excluding hydrogens is 522 g/mol. The molecule has 2 atom stereocenters. The molecule has 2 N–H and O–H groups in total. The number of alkyl carbamates (subject to hydrolysis) is 1. The standard InChI is InChI=1S/C32H41N3O4S/c1-7-19-35(30(37)27(18-20-40-6)34-31(38)39-32(3,4)5)28(26-15-11-8-12-22(26)2)29(36)33-25-17-16-23-13-9-10-14-24(23)21-25/h8-17,21,27-28H,7,18-20H2,1-6H3,(H,33,36)(H,34,38). The Morgan fingerprint density at radius 2 is 1.65 bits per heavy atom. The highest BCUT2D eigenvalue weighted by molar-refractivity contribution is 7.98. The summed E-state index contributed by atoms with van der Waals surface area (Å²) in [6.07, 6.45) is 2.34. The number of carbonyl (C=O) groups is 3. The first-order valence-corrected chi connectivity index (χ1v) is 15.1. The van der Waals surface area contributed by atoms with Gasteiger partial charge in [0.2, 0.25) is 5.91 Å². The minimum Gasteiger partial charge on any atom is -0.444 e.